The number of carbonyl (C=O) groups is 1. The molecule has 0 saturated carbocycles. The van der Waals surface area contributed by atoms with E-state index < -0.39 is 21.0 Å². The summed E-state index contributed by atoms with van der Waals surface area (Å²) in [5, 5.41) is 31.3. The van der Waals surface area contributed by atoms with Crippen molar-refractivity contribution >= 4 is 62.9 Å². The van der Waals surface area contributed by atoms with Gasteiger partial charge in [0.25, 0.3) is 10.1 Å². The molecular formula is C20H16N4NaO6S. The molecule has 0 amide bonds. The largest absolute Gasteiger partial charge is 0.506 e. The maximum absolute atomic E-state index is 11.4. The molecule has 3 rings (SSSR count). The van der Waals surface area contributed by atoms with Crippen molar-refractivity contribution in [1.82, 2.24) is 0 Å². The zero-order valence-electron chi connectivity index (χ0n) is 16.7. The van der Waals surface area contributed by atoms with E-state index in [2.05, 4.69) is 20.8 Å². The van der Waals surface area contributed by atoms with Gasteiger partial charge in [0.2, 0.25) is 5.84 Å². The second-order valence-electron chi connectivity index (χ2n) is 6.09. The van der Waals surface area contributed by atoms with Gasteiger partial charge < -0.3 is 10.2 Å². The molecule has 0 unspecified atom stereocenters. The third kappa shape index (κ3) is 6.45. The van der Waals surface area contributed by atoms with E-state index in [-0.39, 0.29) is 58.1 Å². The van der Waals surface area contributed by atoms with Gasteiger partial charge in [-0.05, 0) is 30.3 Å². The van der Waals surface area contributed by atoms with E-state index in [9.17, 15) is 28.0 Å². The average Bonchev–Trinajstić information content (AvgIpc) is 2.75. The number of phenols is 1. The van der Waals surface area contributed by atoms with E-state index in [0.717, 1.165) is 18.2 Å². The van der Waals surface area contributed by atoms with Crippen LogP contribution in [0, 0.1) is 0 Å². The zero-order chi connectivity index (χ0) is 22.4. The molecule has 0 fully saturated rings. The Balaban J connectivity index is 0.00000363. The summed E-state index contributed by atoms with van der Waals surface area (Å²) in [6.45, 7) is 0. The van der Waals surface area contributed by atoms with E-state index in [1.807, 2.05) is 0 Å². The van der Waals surface area contributed by atoms with Gasteiger partial charge in [-0.2, -0.15) is 13.5 Å². The van der Waals surface area contributed by atoms with Gasteiger partial charge in [-0.25, -0.2) is 4.79 Å². The summed E-state index contributed by atoms with van der Waals surface area (Å²) in [5.74, 6) is -1.47. The van der Waals surface area contributed by atoms with Crippen molar-refractivity contribution in [1.29, 1.82) is 0 Å². The number of aromatic carboxylic acids is 1. The van der Waals surface area contributed by atoms with Gasteiger partial charge in [0.15, 0.2) is 0 Å². The van der Waals surface area contributed by atoms with Crippen LogP contribution in [0.1, 0.15) is 15.9 Å². The van der Waals surface area contributed by atoms with E-state index in [0.29, 0.717) is 5.56 Å². The first kappa shape index (κ1) is 25.2. The smallest absolute Gasteiger partial charge is 0.337 e. The maximum atomic E-state index is 11.4. The monoisotopic (exact) mass is 463 g/mol. The molecule has 0 spiro atoms. The van der Waals surface area contributed by atoms with E-state index >= 15 is 0 Å². The Morgan fingerprint density at radius 2 is 1.59 bits per heavy atom. The molecule has 0 aliphatic rings. The standard InChI is InChI=1S/C20H16N4O6S.Na/c25-18-11-10-14(31(28,29)30)12-17(18)22-24-19(13-6-2-1-3-7-13)23-21-16-9-5-4-8-15(16)20(26)27;/h1-12,22,25H,(H,26,27)(H,28,29,30);. The third-order valence-corrected chi connectivity index (χ3v) is 4.82. The molecule has 0 bridgehead atoms. The number of nitrogens with zero attached hydrogens (tertiary/aromatic N) is 3. The number of hydrogen-bond acceptors (Lipinski definition) is 7. The van der Waals surface area contributed by atoms with E-state index in [1.165, 1.54) is 12.1 Å². The quantitative estimate of drug-likeness (QED) is 0.0827. The van der Waals surface area contributed by atoms with Crippen LogP contribution in [0.2, 0.25) is 0 Å². The molecule has 0 aromatic heterocycles. The SMILES string of the molecule is O=C(O)c1ccccc1N=NC(=NNc1cc(S(=O)(=O)O)ccc1O)c1ccccc1.[Na]. The molecule has 32 heavy (non-hydrogen) atoms. The van der Waals surface area contributed by atoms with Crippen molar-refractivity contribution in [3.63, 3.8) is 0 Å². The Morgan fingerprint density at radius 1 is 0.938 bits per heavy atom. The summed E-state index contributed by atoms with van der Waals surface area (Å²) >= 11 is 0. The van der Waals surface area contributed by atoms with Gasteiger partial charge >= 0.3 is 5.97 Å². The second kappa shape index (κ2) is 11.0. The van der Waals surface area contributed by atoms with Gasteiger partial charge in [-0.15, -0.1) is 10.2 Å². The molecule has 4 N–H and O–H groups in total. The number of rotatable bonds is 6. The molecule has 3 aromatic carbocycles. The van der Waals surface area contributed by atoms with Gasteiger partial charge in [0, 0.05) is 35.1 Å². The first-order valence-corrected chi connectivity index (χ1v) is 10.1. The molecule has 0 heterocycles. The van der Waals surface area contributed by atoms with Crippen LogP contribution in [0.25, 0.3) is 0 Å². The molecule has 0 atom stereocenters. The van der Waals surface area contributed by atoms with Crippen LogP contribution < -0.4 is 5.43 Å². The maximum Gasteiger partial charge on any atom is 0.337 e. The van der Waals surface area contributed by atoms with Crippen molar-refractivity contribution in [3.8, 4) is 5.75 Å². The van der Waals surface area contributed by atoms with Crippen molar-refractivity contribution in [2.45, 2.75) is 4.90 Å². The fourth-order valence-electron chi connectivity index (χ4n) is 2.45. The molecule has 10 nitrogen and oxygen atoms in total. The van der Waals surface area contributed by atoms with Crippen molar-refractivity contribution in [2.75, 3.05) is 5.43 Å². The molecular weight excluding hydrogens is 447 g/mol. The van der Waals surface area contributed by atoms with E-state index in [1.54, 1.807) is 42.5 Å². The summed E-state index contributed by atoms with van der Waals surface area (Å²) < 4.78 is 31.8. The van der Waals surface area contributed by atoms with E-state index in [4.69, 9.17) is 0 Å². The molecule has 3 aromatic rings. The summed E-state index contributed by atoms with van der Waals surface area (Å²) in [5.41, 5.74) is 2.95. The predicted molar refractivity (Wildman–Crippen MR) is 118 cm³/mol. The Kier molecular flexibility index (Phi) is 8.63. The normalized spacial score (nSPS) is 11.7. The molecule has 0 aliphatic carbocycles. The van der Waals surface area contributed by atoms with Crippen molar-refractivity contribution < 1.29 is 28.0 Å². The van der Waals surface area contributed by atoms with Crippen LogP contribution in [0.15, 0.2) is 93.0 Å². The number of amidine groups is 1. The second-order valence-corrected chi connectivity index (χ2v) is 7.51. The number of azo groups is 1. The minimum absolute atomic E-state index is 0. The fraction of sp³-hybridized carbons (Fsp3) is 0. The number of nitrogens with one attached hydrogen (secondary N) is 1. The average molecular weight is 463 g/mol. The third-order valence-electron chi connectivity index (χ3n) is 3.97. The number of benzene rings is 3. The van der Waals surface area contributed by atoms with Gasteiger partial charge in [-0.1, -0.05) is 42.5 Å². The van der Waals surface area contributed by atoms with Crippen LogP contribution in [0.3, 0.4) is 0 Å². The summed E-state index contributed by atoms with van der Waals surface area (Å²) in [6, 6.07) is 17.7. The minimum atomic E-state index is -4.49. The van der Waals surface area contributed by atoms with Gasteiger partial charge in [0.1, 0.15) is 11.4 Å². The van der Waals surface area contributed by atoms with Crippen LogP contribution in [-0.4, -0.2) is 64.5 Å². The Morgan fingerprint density at radius 3 is 2.25 bits per heavy atom. The number of hydrazone groups is 1. The molecule has 159 valence electrons. The summed E-state index contributed by atoms with van der Waals surface area (Å²) in [6.07, 6.45) is 0. The molecule has 12 heteroatoms. The number of hydrogen-bond donors (Lipinski definition) is 4. The van der Waals surface area contributed by atoms with Crippen LogP contribution in [-0.2, 0) is 10.1 Å². The number of aromatic hydroxyl groups is 1. The molecule has 0 aliphatic heterocycles. The van der Waals surface area contributed by atoms with Crippen LogP contribution in [0.4, 0.5) is 11.4 Å². The fourth-order valence-corrected chi connectivity index (χ4v) is 2.96. The summed E-state index contributed by atoms with van der Waals surface area (Å²) in [4.78, 5) is 10.9. The first-order chi connectivity index (χ1) is 14.8. The number of phenolic OH excluding ortho intramolecular Hbond substituents is 1. The number of carboxylic acids is 1. The number of carboxylic acid groups (broad SMARTS) is 1. The molecule has 0 saturated heterocycles. The Hall–Kier alpha value is -3.09. The Labute approximate surface area is 205 Å². The summed E-state index contributed by atoms with van der Waals surface area (Å²) in [7, 11) is -4.49. The van der Waals surface area contributed by atoms with Crippen molar-refractivity contribution in [2.24, 2.45) is 15.3 Å². The molecule has 1 radical (unpaired) electrons. The van der Waals surface area contributed by atoms with Gasteiger partial charge in [0.05, 0.1) is 16.1 Å². The number of anilines is 1. The predicted octanol–water partition coefficient (Wildman–Crippen LogP) is 3.51. The zero-order valence-corrected chi connectivity index (χ0v) is 19.6. The van der Waals surface area contributed by atoms with Crippen molar-refractivity contribution in [3.05, 3.63) is 83.9 Å². The van der Waals surface area contributed by atoms with Crippen LogP contribution >= 0.6 is 0 Å². The van der Waals surface area contributed by atoms with Gasteiger partial charge in [-0.3, -0.25) is 9.98 Å². The topological polar surface area (TPSA) is 161 Å². The first-order valence-electron chi connectivity index (χ1n) is 8.69. The Bertz CT molecular complexity index is 1280. The minimum Gasteiger partial charge on any atom is -0.506 e. The van der Waals surface area contributed by atoms with Crippen LogP contribution in [0.5, 0.6) is 5.75 Å².